The Hall–Kier alpha value is -1.59. The Morgan fingerprint density at radius 1 is 0.818 bits per heavy atom. The fourth-order valence-electron chi connectivity index (χ4n) is 3.34. The van der Waals surface area contributed by atoms with Crippen LogP contribution in [0.3, 0.4) is 0 Å². The summed E-state index contributed by atoms with van der Waals surface area (Å²) in [5.41, 5.74) is 0. The Morgan fingerprint density at radius 2 is 1.36 bits per heavy atom. The summed E-state index contributed by atoms with van der Waals surface area (Å²) in [5.74, 6) is -0.322. The maximum absolute atomic E-state index is 12.3. The first kappa shape index (κ1) is 16.8. The number of carboxylic acid groups (broad SMARTS) is 1. The first-order chi connectivity index (χ1) is 10.6. The lowest BCUT2D eigenvalue weighted by atomic mass is 9.86. The second-order valence-corrected chi connectivity index (χ2v) is 6.36. The van der Waals surface area contributed by atoms with Crippen molar-refractivity contribution in [1.29, 1.82) is 0 Å². The molecule has 0 aromatic rings. The van der Waals surface area contributed by atoms with Gasteiger partial charge in [-0.25, -0.2) is 0 Å². The number of nitrogens with zero attached hydrogens (tertiary/aromatic N) is 2. The third-order valence-electron chi connectivity index (χ3n) is 4.73. The van der Waals surface area contributed by atoms with Crippen LogP contribution in [0.2, 0.25) is 0 Å². The second-order valence-electron chi connectivity index (χ2n) is 6.36. The summed E-state index contributed by atoms with van der Waals surface area (Å²) in [7, 11) is 0. The number of carbonyl (C=O) groups excluding carboxylic acids is 2. The highest BCUT2D eigenvalue weighted by Gasteiger charge is 2.26. The molecule has 0 atom stereocenters. The predicted octanol–water partition coefficient (Wildman–Crippen LogP) is 1.49. The molecule has 0 aromatic carbocycles. The average Bonchev–Trinajstić information content (AvgIpc) is 2.53. The van der Waals surface area contributed by atoms with Crippen molar-refractivity contribution in [3.05, 3.63) is 0 Å². The molecule has 0 aromatic heterocycles. The monoisotopic (exact) mass is 310 g/mol. The van der Waals surface area contributed by atoms with Crippen LogP contribution in [0.1, 0.15) is 51.4 Å². The van der Waals surface area contributed by atoms with Crippen LogP contribution < -0.4 is 0 Å². The van der Waals surface area contributed by atoms with Crippen molar-refractivity contribution >= 4 is 17.8 Å². The number of carbonyl (C=O) groups is 3. The van der Waals surface area contributed by atoms with Gasteiger partial charge in [-0.1, -0.05) is 19.3 Å². The largest absolute Gasteiger partial charge is 0.481 e. The molecule has 2 rings (SSSR count). The van der Waals surface area contributed by atoms with Crippen LogP contribution in [0.5, 0.6) is 0 Å². The van der Waals surface area contributed by atoms with Gasteiger partial charge in [0.05, 0.1) is 6.42 Å². The number of piperazine rings is 1. The number of amides is 2. The fourth-order valence-corrected chi connectivity index (χ4v) is 3.34. The standard InChI is InChI=1S/C16H26N2O4/c19-14(6-7-16(21)22)17-8-10-18(11-9-17)15(20)12-13-4-2-1-3-5-13/h13H,1-12H2,(H,21,22). The highest BCUT2D eigenvalue weighted by Crippen LogP contribution is 2.27. The zero-order chi connectivity index (χ0) is 15.9. The van der Waals surface area contributed by atoms with Crippen molar-refractivity contribution in [2.24, 2.45) is 5.92 Å². The molecule has 1 saturated heterocycles. The smallest absolute Gasteiger partial charge is 0.303 e. The molecule has 0 radical (unpaired) electrons. The summed E-state index contributed by atoms with van der Waals surface area (Å²) in [6.07, 6.45) is 6.67. The minimum atomic E-state index is -0.949. The van der Waals surface area contributed by atoms with Gasteiger partial charge in [-0.3, -0.25) is 14.4 Å². The molecule has 1 N–H and O–H groups in total. The molecule has 1 aliphatic carbocycles. The van der Waals surface area contributed by atoms with Gasteiger partial charge in [0.25, 0.3) is 0 Å². The topological polar surface area (TPSA) is 77.9 Å². The fraction of sp³-hybridized carbons (Fsp3) is 0.812. The van der Waals surface area contributed by atoms with Crippen LogP contribution >= 0.6 is 0 Å². The summed E-state index contributed by atoms with van der Waals surface area (Å²) in [5, 5.41) is 8.61. The predicted molar refractivity (Wildman–Crippen MR) is 81.2 cm³/mol. The third-order valence-corrected chi connectivity index (χ3v) is 4.73. The molecule has 0 unspecified atom stereocenters. The number of carboxylic acids is 1. The zero-order valence-corrected chi connectivity index (χ0v) is 13.1. The van der Waals surface area contributed by atoms with E-state index in [-0.39, 0.29) is 24.7 Å². The van der Waals surface area contributed by atoms with Crippen molar-refractivity contribution in [2.75, 3.05) is 26.2 Å². The molecule has 1 aliphatic heterocycles. The molecule has 6 nitrogen and oxygen atoms in total. The van der Waals surface area contributed by atoms with Gasteiger partial charge in [-0.2, -0.15) is 0 Å². The molecule has 0 bridgehead atoms. The molecule has 22 heavy (non-hydrogen) atoms. The Morgan fingerprint density at radius 3 is 1.91 bits per heavy atom. The number of rotatable bonds is 5. The number of hydrogen-bond acceptors (Lipinski definition) is 3. The Kier molecular flexibility index (Phi) is 6.21. The molecule has 2 aliphatic rings. The summed E-state index contributed by atoms with van der Waals surface area (Å²) < 4.78 is 0. The van der Waals surface area contributed by atoms with Crippen molar-refractivity contribution in [1.82, 2.24) is 9.80 Å². The minimum absolute atomic E-state index is 0.0470. The van der Waals surface area contributed by atoms with Crippen molar-refractivity contribution in [3.8, 4) is 0 Å². The maximum atomic E-state index is 12.3. The van der Waals surface area contributed by atoms with Gasteiger partial charge < -0.3 is 14.9 Å². The number of hydrogen-bond donors (Lipinski definition) is 1. The Bertz CT molecular complexity index is 410. The first-order valence-corrected chi connectivity index (χ1v) is 8.33. The molecule has 2 amide bonds. The lowest BCUT2D eigenvalue weighted by Gasteiger charge is -2.35. The second kappa shape index (κ2) is 8.15. The van der Waals surface area contributed by atoms with E-state index >= 15 is 0 Å². The third kappa shape index (κ3) is 5.00. The quantitative estimate of drug-likeness (QED) is 0.834. The van der Waals surface area contributed by atoms with Gasteiger partial charge in [0.15, 0.2) is 0 Å². The summed E-state index contributed by atoms with van der Waals surface area (Å²) in [6, 6.07) is 0. The van der Waals surface area contributed by atoms with E-state index in [9.17, 15) is 14.4 Å². The zero-order valence-electron chi connectivity index (χ0n) is 13.1. The van der Waals surface area contributed by atoms with Crippen molar-refractivity contribution in [2.45, 2.75) is 51.4 Å². The van der Waals surface area contributed by atoms with E-state index in [1.54, 1.807) is 4.90 Å². The first-order valence-electron chi connectivity index (χ1n) is 8.33. The molecular weight excluding hydrogens is 284 g/mol. The molecular formula is C16H26N2O4. The molecule has 2 fully saturated rings. The molecule has 6 heteroatoms. The highest BCUT2D eigenvalue weighted by atomic mass is 16.4. The van der Waals surface area contributed by atoms with Crippen LogP contribution in [-0.2, 0) is 14.4 Å². The van der Waals surface area contributed by atoms with Crippen molar-refractivity contribution in [3.63, 3.8) is 0 Å². The molecule has 124 valence electrons. The molecule has 1 saturated carbocycles. The van der Waals surface area contributed by atoms with Crippen LogP contribution in [-0.4, -0.2) is 58.9 Å². The van der Waals surface area contributed by atoms with Crippen LogP contribution in [0.15, 0.2) is 0 Å². The maximum Gasteiger partial charge on any atom is 0.303 e. The Labute approximate surface area is 131 Å². The van der Waals surface area contributed by atoms with Gasteiger partial charge in [0.1, 0.15) is 0 Å². The van der Waals surface area contributed by atoms with Gasteiger partial charge in [0, 0.05) is 39.0 Å². The van der Waals surface area contributed by atoms with Gasteiger partial charge in [-0.15, -0.1) is 0 Å². The normalized spacial score (nSPS) is 20.0. The van der Waals surface area contributed by atoms with E-state index < -0.39 is 5.97 Å². The van der Waals surface area contributed by atoms with E-state index in [0.717, 1.165) is 0 Å². The van der Waals surface area contributed by atoms with E-state index in [0.29, 0.717) is 38.5 Å². The summed E-state index contributed by atoms with van der Waals surface area (Å²) in [6.45, 7) is 2.19. The average molecular weight is 310 g/mol. The summed E-state index contributed by atoms with van der Waals surface area (Å²) in [4.78, 5) is 38.2. The van der Waals surface area contributed by atoms with Gasteiger partial charge in [0.2, 0.25) is 11.8 Å². The molecule has 1 heterocycles. The molecule has 0 spiro atoms. The van der Waals surface area contributed by atoms with Crippen LogP contribution in [0.4, 0.5) is 0 Å². The van der Waals surface area contributed by atoms with E-state index in [1.807, 2.05) is 4.90 Å². The lowest BCUT2D eigenvalue weighted by molar-refractivity contribution is -0.143. The van der Waals surface area contributed by atoms with Crippen molar-refractivity contribution < 1.29 is 19.5 Å². The Balaban J connectivity index is 1.70. The SMILES string of the molecule is O=C(O)CCC(=O)N1CCN(C(=O)CC2CCCCC2)CC1. The highest BCUT2D eigenvalue weighted by molar-refractivity contribution is 5.81. The number of aliphatic carboxylic acids is 1. The van der Waals surface area contributed by atoms with E-state index in [1.165, 1.54) is 32.1 Å². The lowest BCUT2D eigenvalue weighted by Crippen LogP contribution is -2.50. The summed E-state index contributed by atoms with van der Waals surface area (Å²) >= 11 is 0. The minimum Gasteiger partial charge on any atom is -0.481 e. The van der Waals surface area contributed by atoms with Crippen LogP contribution in [0, 0.1) is 5.92 Å². The van der Waals surface area contributed by atoms with Crippen LogP contribution in [0.25, 0.3) is 0 Å². The van der Waals surface area contributed by atoms with E-state index in [2.05, 4.69) is 0 Å². The van der Waals surface area contributed by atoms with Gasteiger partial charge in [-0.05, 0) is 18.8 Å². The van der Waals surface area contributed by atoms with E-state index in [4.69, 9.17) is 5.11 Å². The van der Waals surface area contributed by atoms with Gasteiger partial charge >= 0.3 is 5.97 Å².